The smallest absolute Gasteiger partial charge is 0.188 e. The predicted octanol–water partition coefficient (Wildman–Crippen LogP) is 1.91. The fraction of sp³-hybridized carbons (Fsp3) is 0.533. The summed E-state index contributed by atoms with van der Waals surface area (Å²) in [4.78, 5) is 4.21. The van der Waals surface area contributed by atoms with E-state index in [2.05, 4.69) is 24.2 Å². The van der Waals surface area contributed by atoms with Gasteiger partial charge in [0, 0.05) is 6.04 Å². The number of ether oxygens (including phenoxy) is 2. The van der Waals surface area contributed by atoms with Crippen molar-refractivity contribution in [3.05, 3.63) is 29.8 Å². The molecule has 1 unspecified atom stereocenters. The van der Waals surface area contributed by atoms with Crippen LogP contribution in [-0.2, 0) is 11.3 Å². The molecule has 0 aliphatic rings. The van der Waals surface area contributed by atoms with E-state index in [1.807, 2.05) is 24.3 Å². The van der Waals surface area contributed by atoms with E-state index >= 15 is 0 Å². The number of nitrogens with one attached hydrogen (secondary N) is 1. The van der Waals surface area contributed by atoms with Crippen LogP contribution in [0.25, 0.3) is 0 Å². The van der Waals surface area contributed by atoms with Crippen molar-refractivity contribution in [1.82, 2.24) is 5.32 Å². The molecule has 1 rings (SSSR count). The molecule has 3 N–H and O–H groups in total. The van der Waals surface area contributed by atoms with Gasteiger partial charge in [-0.1, -0.05) is 19.1 Å². The summed E-state index contributed by atoms with van der Waals surface area (Å²) in [5.41, 5.74) is 6.86. The largest absolute Gasteiger partial charge is 0.497 e. The first-order valence-electron chi connectivity index (χ1n) is 6.92. The van der Waals surface area contributed by atoms with E-state index in [-0.39, 0.29) is 0 Å². The number of aliphatic imine (C=N–C) groups is 1. The third-order valence-corrected chi connectivity index (χ3v) is 2.95. The lowest BCUT2D eigenvalue weighted by molar-refractivity contribution is 0.128. The molecule has 112 valence electrons. The van der Waals surface area contributed by atoms with Gasteiger partial charge in [0.25, 0.3) is 0 Å². The molecule has 20 heavy (non-hydrogen) atoms. The molecular formula is C15H25N3O2. The van der Waals surface area contributed by atoms with Crippen molar-refractivity contribution in [3.8, 4) is 5.75 Å². The average molecular weight is 279 g/mol. The molecule has 0 aromatic heterocycles. The minimum atomic E-state index is 0.346. The minimum Gasteiger partial charge on any atom is -0.497 e. The fourth-order valence-corrected chi connectivity index (χ4v) is 1.54. The quantitative estimate of drug-likeness (QED) is 0.433. The van der Waals surface area contributed by atoms with Gasteiger partial charge < -0.3 is 20.5 Å². The number of nitrogens with zero attached hydrogens (tertiary/aromatic N) is 1. The SMILES string of the molecule is CCC(C)NC(N)=NCCOCc1ccc(OC)cc1. The molecule has 1 aromatic carbocycles. The molecule has 5 heteroatoms. The monoisotopic (exact) mass is 279 g/mol. The number of hydrogen-bond donors (Lipinski definition) is 2. The van der Waals surface area contributed by atoms with Gasteiger partial charge in [-0.15, -0.1) is 0 Å². The van der Waals surface area contributed by atoms with Crippen molar-refractivity contribution in [2.75, 3.05) is 20.3 Å². The minimum absolute atomic E-state index is 0.346. The molecule has 0 saturated heterocycles. The van der Waals surface area contributed by atoms with Crippen LogP contribution in [0.4, 0.5) is 0 Å². The highest BCUT2D eigenvalue weighted by Crippen LogP contribution is 2.11. The van der Waals surface area contributed by atoms with Crippen molar-refractivity contribution in [1.29, 1.82) is 0 Å². The van der Waals surface area contributed by atoms with Gasteiger partial charge in [-0.25, -0.2) is 0 Å². The third-order valence-electron chi connectivity index (χ3n) is 2.95. The highest BCUT2D eigenvalue weighted by atomic mass is 16.5. The molecule has 0 aliphatic heterocycles. The first-order chi connectivity index (χ1) is 9.65. The topological polar surface area (TPSA) is 68.9 Å². The van der Waals surface area contributed by atoms with E-state index in [4.69, 9.17) is 15.2 Å². The van der Waals surface area contributed by atoms with Gasteiger partial charge in [0.2, 0.25) is 0 Å². The Morgan fingerprint density at radius 1 is 1.35 bits per heavy atom. The van der Waals surface area contributed by atoms with Gasteiger partial charge >= 0.3 is 0 Å². The molecule has 0 amide bonds. The zero-order valence-electron chi connectivity index (χ0n) is 12.6. The van der Waals surface area contributed by atoms with Crippen LogP contribution >= 0.6 is 0 Å². The predicted molar refractivity (Wildman–Crippen MR) is 82.0 cm³/mol. The second-order valence-corrected chi connectivity index (χ2v) is 4.62. The molecule has 0 radical (unpaired) electrons. The average Bonchev–Trinajstić information content (AvgIpc) is 2.47. The van der Waals surface area contributed by atoms with Crippen LogP contribution in [0.3, 0.4) is 0 Å². The lowest BCUT2D eigenvalue weighted by Crippen LogP contribution is -2.38. The molecule has 0 saturated carbocycles. The molecule has 0 heterocycles. The fourth-order valence-electron chi connectivity index (χ4n) is 1.54. The lowest BCUT2D eigenvalue weighted by atomic mass is 10.2. The molecule has 1 atom stereocenters. The second kappa shape index (κ2) is 9.20. The third kappa shape index (κ3) is 6.43. The van der Waals surface area contributed by atoms with Crippen LogP contribution in [0.2, 0.25) is 0 Å². The zero-order chi connectivity index (χ0) is 14.8. The summed E-state index contributed by atoms with van der Waals surface area (Å²) in [5, 5.41) is 3.11. The Morgan fingerprint density at radius 3 is 2.65 bits per heavy atom. The number of methoxy groups -OCH3 is 1. The van der Waals surface area contributed by atoms with Crippen LogP contribution in [0, 0.1) is 0 Å². The standard InChI is InChI=1S/C15H25N3O2/c1-4-12(2)18-15(16)17-9-10-20-11-13-5-7-14(19-3)8-6-13/h5-8,12H,4,9-11H2,1-3H3,(H3,16,17,18). The summed E-state index contributed by atoms with van der Waals surface area (Å²) >= 11 is 0. The van der Waals surface area contributed by atoms with Crippen molar-refractivity contribution in [2.24, 2.45) is 10.7 Å². The van der Waals surface area contributed by atoms with Crippen molar-refractivity contribution in [3.63, 3.8) is 0 Å². The molecular weight excluding hydrogens is 254 g/mol. The van der Waals surface area contributed by atoms with Crippen LogP contribution < -0.4 is 15.8 Å². The molecule has 0 bridgehead atoms. The van der Waals surface area contributed by atoms with E-state index in [0.29, 0.717) is 31.8 Å². The molecule has 0 fully saturated rings. The van der Waals surface area contributed by atoms with Crippen LogP contribution in [-0.4, -0.2) is 32.3 Å². The number of rotatable bonds is 8. The Hall–Kier alpha value is -1.75. The molecule has 0 spiro atoms. The highest BCUT2D eigenvalue weighted by Gasteiger charge is 1.98. The number of guanidine groups is 1. The van der Waals surface area contributed by atoms with E-state index in [9.17, 15) is 0 Å². The molecule has 5 nitrogen and oxygen atoms in total. The van der Waals surface area contributed by atoms with Gasteiger partial charge in [0.15, 0.2) is 5.96 Å². The number of benzene rings is 1. The first kappa shape index (κ1) is 16.3. The van der Waals surface area contributed by atoms with E-state index in [1.165, 1.54) is 0 Å². The number of nitrogens with two attached hydrogens (primary N) is 1. The van der Waals surface area contributed by atoms with Crippen LogP contribution in [0.5, 0.6) is 5.75 Å². The highest BCUT2D eigenvalue weighted by molar-refractivity contribution is 5.78. The van der Waals surface area contributed by atoms with Crippen molar-refractivity contribution >= 4 is 5.96 Å². The van der Waals surface area contributed by atoms with Gasteiger partial charge in [-0.3, -0.25) is 4.99 Å². The maximum Gasteiger partial charge on any atom is 0.188 e. The van der Waals surface area contributed by atoms with E-state index in [1.54, 1.807) is 7.11 Å². The Balaban J connectivity index is 2.19. The van der Waals surface area contributed by atoms with Crippen molar-refractivity contribution in [2.45, 2.75) is 32.9 Å². The lowest BCUT2D eigenvalue weighted by Gasteiger charge is -2.11. The second-order valence-electron chi connectivity index (χ2n) is 4.62. The molecule has 1 aromatic rings. The normalized spacial score (nSPS) is 13.1. The van der Waals surface area contributed by atoms with Gasteiger partial charge in [0.1, 0.15) is 5.75 Å². The summed E-state index contributed by atoms with van der Waals surface area (Å²) in [6, 6.07) is 8.16. The zero-order valence-corrected chi connectivity index (χ0v) is 12.6. The maximum absolute atomic E-state index is 5.74. The van der Waals surface area contributed by atoms with Gasteiger partial charge in [-0.2, -0.15) is 0 Å². The Kier molecular flexibility index (Phi) is 7.50. The van der Waals surface area contributed by atoms with Crippen LogP contribution in [0.15, 0.2) is 29.3 Å². The van der Waals surface area contributed by atoms with Gasteiger partial charge in [-0.05, 0) is 31.0 Å². The summed E-state index contributed by atoms with van der Waals surface area (Å²) in [6.07, 6.45) is 1.02. The maximum atomic E-state index is 5.74. The Bertz CT molecular complexity index is 404. The summed E-state index contributed by atoms with van der Waals surface area (Å²) < 4.78 is 10.6. The number of hydrogen-bond acceptors (Lipinski definition) is 3. The summed E-state index contributed by atoms with van der Waals surface area (Å²) in [5.74, 6) is 1.33. The first-order valence-corrected chi connectivity index (χ1v) is 6.92. The van der Waals surface area contributed by atoms with Crippen molar-refractivity contribution < 1.29 is 9.47 Å². The Morgan fingerprint density at radius 2 is 2.05 bits per heavy atom. The van der Waals surface area contributed by atoms with Crippen LogP contribution in [0.1, 0.15) is 25.8 Å². The Labute approximate surface area is 121 Å². The molecule has 0 aliphatic carbocycles. The summed E-state index contributed by atoms with van der Waals surface area (Å²) in [6.45, 7) is 5.85. The van der Waals surface area contributed by atoms with E-state index < -0.39 is 0 Å². The van der Waals surface area contributed by atoms with Gasteiger partial charge in [0.05, 0.1) is 26.9 Å². The summed E-state index contributed by atoms with van der Waals surface area (Å²) in [7, 11) is 1.65. The van der Waals surface area contributed by atoms with E-state index in [0.717, 1.165) is 17.7 Å².